The average molecular weight is 292 g/mol. The Morgan fingerprint density at radius 1 is 1.00 bits per heavy atom. The lowest BCUT2D eigenvalue weighted by atomic mass is 9.97. The predicted molar refractivity (Wildman–Crippen MR) is 77.5 cm³/mol. The van der Waals surface area contributed by atoms with Gasteiger partial charge in [-0.25, -0.2) is 9.80 Å². The molecule has 0 radical (unpaired) electrons. The number of rotatable bonds is 2. The zero-order valence-electron chi connectivity index (χ0n) is 12.9. The minimum atomic E-state index is -1.60. The topological polar surface area (TPSA) is 77.9 Å². The van der Waals surface area contributed by atoms with Crippen LogP contribution in [0, 0.1) is 20.8 Å². The quantitative estimate of drug-likeness (QED) is 0.653. The Morgan fingerprint density at radius 2 is 1.48 bits per heavy atom. The molecule has 0 saturated carbocycles. The lowest BCUT2D eigenvalue weighted by Gasteiger charge is -2.27. The van der Waals surface area contributed by atoms with Gasteiger partial charge in [0.1, 0.15) is 0 Å². The third-order valence-corrected chi connectivity index (χ3v) is 3.46. The van der Waals surface area contributed by atoms with Crippen LogP contribution in [0.15, 0.2) is 12.1 Å². The highest BCUT2D eigenvalue weighted by Gasteiger charge is 2.24. The number of nitrogens with zero attached hydrogens (tertiary/aromatic N) is 2. The summed E-state index contributed by atoms with van der Waals surface area (Å²) in [4.78, 5) is 34.2. The van der Waals surface area contributed by atoms with E-state index in [9.17, 15) is 14.4 Å². The summed E-state index contributed by atoms with van der Waals surface area (Å²) in [6, 6.07) is 3.98. The first kappa shape index (κ1) is 16.7. The minimum absolute atomic E-state index is 0.117. The van der Waals surface area contributed by atoms with Crippen molar-refractivity contribution in [3.8, 4) is 0 Å². The van der Waals surface area contributed by atoms with Crippen LogP contribution >= 0.6 is 0 Å². The fourth-order valence-electron chi connectivity index (χ4n) is 2.20. The second-order valence-electron chi connectivity index (χ2n) is 5.11. The smallest absolute Gasteiger partial charge is 0.396 e. The van der Waals surface area contributed by atoms with E-state index < -0.39 is 11.9 Å². The van der Waals surface area contributed by atoms with Crippen molar-refractivity contribution in [2.75, 3.05) is 14.1 Å². The molecular weight excluding hydrogens is 272 g/mol. The highest BCUT2D eigenvalue weighted by atomic mass is 16.4. The van der Waals surface area contributed by atoms with Crippen LogP contribution in [0.3, 0.4) is 0 Å². The summed E-state index contributed by atoms with van der Waals surface area (Å²) < 4.78 is 0. The lowest BCUT2D eigenvalue weighted by molar-refractivity contribution is -0.167. The first-order valence-electron chi connectivity index (χ1n) is 6.49. The molecule has 0 aliphatic heterocycles. The fourth-order valence-corrected chi connectivity index (χ4v) is 2.20. The van der Waals surface area contributed by atoms with Crippen molar-refractivity contribution in [1.29, 1.82) is 0 Å². The van der Waals surface area contributed by atoms with Gasteiger partial charge in [-0.1, -0.05) is 17.7 Å². The number of carbonyl (C=O) groups is 3. The van der Waals surface area contributed by atoms with Crippen LogP contribution in [-0.4, -0.2) is 47.0 Å². The molecule has 2 amide bonds. The van der Waals surface area contributed by atoms with Crippen molar-refractivity contribution < 1.29 is 19.5 Å². The number of carboxylic acid groups (broad SMARTS) is 1. The Bertz CT molecular complexity index is 572. The maximum Gasteiger partial charge on any atom is 0.396 e. The van der Waals surface area contributed by atoms with E-state index in [4.69, 9.17) is 5.11 Å². The van der Waals surface area contributed by atoms with E-state index in [1.54, 1.807) is 0 Å². The molecule has 6 heteroatoms. The van der Waals surface area contributed by atoms with Crippen LogP contribution in [-0.2, 0) is 20.8 Å². The average Bonchev–Trinajstić information content (AvgIpc) is 2.39. The first-order valence-corrected chi connectivity index (χ1v) is 6.49. The van der Waals surface area contributed by atoms with Crippen molar-refractivity contribution in [2.24, 2.45) is 0 Å². The Labute approximate surface area is 123 Å². The third-order valence-electron chi connectivity index (χ3n) is 3.46. The number of hydrogen-bond acceptors (Lipinski definition) is 3. The molecule has 0 aromatic heterocycles. The molecule has 0 atom stereocenters. The van der Waals surface area contributed by atoms with Gasteiger partial charge in [0.25, 0.3) is 0 Å². The van der Waals surface area contributed by atoms with Gasteiger partial charge in [-0.3, -0.25) is 14.6 Å². The number of amides is 2. The van der Waals surface area contributed by atoms with Gasteiger partial charge in [0, 0.05) is 14.1 Å². The van der Waals surface area contributed by atoms with Crippen LogP contribution in [0.1, 0.15) is 22.3 Å². The van der Waals surface area contributed by atoms with Crippen LogP contribution in [0.2, 0.25) is 0 Å². The van der Waals surface area contributed by atoms with Gasteiger partial charge in [0.05, 0.1) is 6.42 Å². The monoisotopic (exact) mass is 292 g/mol. The van der Waals surface area contributed by atoms with Crippen molar-refractivity contribution >= 4 is 17.8 Å². The van der Waals surface area contributed by atoms with Crippen LogP contribution in [0.25, 0.3) is 0 Å². The van der Waals surface area contributed by atoms with Crippen LogP contribution in [0.4, 0.5) is 0 Å². The molecule has 1 aromatic carbocycles. The number of aryl methyl sites for hydroxylation is 3. The minimum Gasteiger partial charge on any atom is -0.474 e. The van der Waals surface area contributed by atoms with E-state index in [-0.39, 0.29) is 12.3 Å². The largest absolute Gasteiger partial charge is 0.474 e. The molecule has 6 nitrogen and oxygen atoms in total. The lowest BCUT2D eigenvalue weighted by Crippen LogP contribution is -2.48. The normalized spacial score (nSPS) is 10.1. The highest BCUT2D eigenvalue weighted by Crippen LogP contribution is 2.17. The van der Waals surface area contributed by atoms with Crippen LogP contribution < -0.4 is 0 Å². The number of hydrazine groups is 1. The first-order chi connectivity index (χ1) is 9.65. The van der Waals surface area contributed by atoms with E-state index in [2.05, 4.69) is 0 Å². The van der Waals surface area contributed by atoms with Gasteiger partial charge in [-0.2, -0.15) is 0 Å². The maximum atomic E-state index is 12.2. The fraction of sp³-hybridized carbons (Fsp3) is 0.400. The third kappa shape index (κ3) is 3.81. The Morgan fingerprint density at radius 3 is 1.90 bits per heavy atom. The van der Waals surface area contributed by atoms with E-state index in [1.165, 1.54) is 14.1 Å². The molecule has 1 N–H and O–H groups in total. The number of hydrogen-bond donors (Lipinski definition) is 1. The number of likely N-dealkylation sites (N-methyl/N-ethyl adjacent to an activating group) is 2. The molecule has 0 spiro atoms. The Kier molecular flexibility index (Phi) is 5.07. The molecule has 21 heavy (non-hydrogen) atoms. The van der Waals surface area contributed by atoms with E-state index in [0.29, 0.717) is 0 Å². The molecule has 0 saturated heterocycles. The number of carbonyl (C=O) groups excluding carboxylic acids is 2. The summed E-state index contributed by atoms with van der Waals surface area (Å²) in [5.74, 6) is -3.09. The van der Waals surface area contributed by atoms with Crippen molar-refractivity contribution in [2.45, 2.75) is 27.2 Å². The second kappa shape index (κ2) is 6.39. The molecule has 0 bridgehead atoms. The molecular formula is C15H20N2O4. The summed E-state index contributed by atoms with van der Waals surface area (Å²) >= 11 is 0. The Hall–Kier alpha value is -2.37. The van der Waals surface area contributed by atoms with Gasteiger partial charge >= 0.3 is 11.9 Å². The number of carboxylic acids is 1. The summed E-state index contributed by atoms with van der Waals surface area (Å²) in [7, 11) is 2.63. The summed E-state index contributed by atoms with van der Waals surface area (Å²) in [5, 5.41) is 10.5. The van der Waals surface area contributed by atoms with Gasteiger partial charge in [0.2, 0.25) is 5.91 Å². The maximum absolute atomic E-state index is 12.2. The summed E-state index contributed by atoms with van der Waals surface area (Å²) in [6.07, 6.45) is 0.117. The SMILES string of the molecule is Cc1cc(C)c(CC(=O)N(C)N(C)C(=O)C(=O)O)c(C)c1. The van der Waals surface area contributed by atoms with Crippen molar-refractivity contribution in [1.82, 2.24) is 10.0 Å². The molecule has 1 aromatic rings. The summed E-state index contributed by atoms with van der Waals surface area (Å²) in [5.41, 5.74) is 4.02. The zero-order chi connectivity index (χ0) is 16.3. The van der Waals surface area contributed by atoms with Gasteiger partial charge in [0.15, 0.2) is 0 Å². The number of benzene rings is 1. The highest BCUT2D eigenvalue weighted by molar-refractivity contribution is 6.31. The molecule has 0 aliphatic carbocycles. The van der Waals surface area contributed by atoms with E-state index in [0.717, 1.165) is 32.3 Å². The van der Waals surface area contributed by atoms with Crippen molar-refractivity contribution in [3.05, 3.63) is 34.4 Å². The molecule has 114 valence electrons. The standard InChI is InChI=1S/C15H20N2O4/c1-9-6-10(2)12(11(3)7-9)8-13(18)16(4)17(5)14(19)15(20)21/h6-7H,8H2,1-5H3,(H,20,21). The van der Waals surface area contributed by atoms with Gasteiger partial charge < -0.3 is 5.11 Å². The van der Waals surface area contributed by atoms with Crippen LogP contribution in [0.5, 0.6) is 0 Å². The van der Waals surface area contributed by atoms with E-state index >= 15 is 0 Å². The second-order valence-corrected chi connectivity index (χ2v) is 5.11. The molecule has 0 unspecified atom stereocenters. The van der Waals surface area contributed by atoms with Crippen molar-refractivity contribution in [3.63, 3.8) is 0 Å². The zero-order valence-corrected chi connectivity index (χ0v) is 12.9. The molecule has 0 heterocycles. The summed E-state index contributed by atoms with van der Waals surface area (Å²) in [6.45, 7) is 5.83. The molecule has 0 fully saturated rings. The Balaban J connectivity index is 2.91. The van der Waals surface area contributed by atoms with E-state index in [1.807, 2.05) is 32.9 Å². The molecule has 0 aliphatic rings. The van der Waals surface area contributed by atoms with Gasteiger partial charge in [-0.05, 0) is 37.5 Å². The predicted octanol–water partition coefficient (Wildman–Crippen LogP) is 1.07. The number of aliphatic carboxylic acids is 1. The van der Waals surface area contributed by atoms with Gasteiger partial charge in [-0.15, -0.1) is 0 Å². The molecule has 1 rings (SSSR count).